The third-order valence-corrected chi connectivity index (χ3v) is 4.34. The fourth-order valence-electron chi connectivity index (χ4n) is 1.83. The molecule has 4 nitrogen and oxygen atoms in total. The first-order valence-corrected chi connectivity index (χ1v) is 8.96. The van der Waals surface area contributed by atoms with E-state index in [1.165, 1.54) is 31.5 Å². The first kappa shape index (κ1) is 23.8. The Morgan fingerprint density at radius 2 is 1.40 bits per heavy atom. The fraction of sp³-hybridized carbons (Fsp3) is 0.700. The summed E-state index contributed by atoms with van der Waals surface area (Å²) in [4.78, 5) is 2.33. The highest BCUT2D eigenvalue weighted by molar-refractivity contribution is 5.24. The van der Waals surface area contributed by atoms with E-state index >= 15 is 0 Å². The maximum absolute atomic E-state index is 11.6. The molecule has 2 rings (SSSR count). The highest BCUT2D eigenvalue weighted by atomic mass is 19.1. The maximum Gasteiger partial charge on any atom is 0.115 e. The highest BCUT2D eigenvalue weighted by Gasteiger charge is 2.31. The summed E-state index contributed by atoms with van der Waals surface area (Å²) in [6.45, 7) is 11.5. The molecule has 1 fully saturated rings. The lowest BCUT2D eigenvalue weighted by Crippen LogP contribution is -2.44. The van der Waals surface area contributed by atoms with Crippen molar-refractivity contribution in [2.75, 3.05) is 26.3 Å². The van der Waals surface area contributed by atoms with E-state index in [1.807, 2.05) is 19.1 Å². The minimum absolute atomic E-state index is 0.156. The Morgan fingerprint density at radius 1 is 0.960 bits per heavy atom. The van der Waals surface area contributed by atoms with E-state index in [4.69, 9.17) is 15.3 Å². The quantitative estimate of drug-likeness (QED) is 0.769. The van der Waals surface area contributed by atoms with Crippen LogP contribution in [0.4, 0.5) is 4.39 Å². The maximum atomic E-state index is 11.6. The van der Waals surface area contributed by atoms with Gasteiger partial charge in [-0.2, -0.15) is 0 Å². The van der Waals surface area contributed by atoms with Crippen molar-refractivity contribution < 1.29 is 19.7 Å². The molecular formula is C20H36FNO3. The smallest absolute Gasteiger partial charge is 0.115 e. The molecule has 0 aromatic heterocycles. The van der Waals surface area contributed by atoms with E-state index in [-0.39, 0.29) is 6.67 Å². The molecule has 146 valence electrons. The molecular weight excluding hydrogens is 321 g/mol. The van der Waals surface area contributed by atoms with Crippen LogP contribution in [0.5, 0.6) is 5.75 Å². The van der Waals surface area contributed by atoms with Gasteiger partial charge in [0.2, 0.25) is 0 Å². The number of halogens is 1. The molecule has 0 spiro atoms. The number of nitrogens with zero attached hydrogens (tertiary/aromatic N) is 1. The van der Waals surface area contributed by atoms with Crippen molar-refractivity contribution in [1.29, 1.82) is 0 Å². The van der Waals surface area contributed by atoms with Crippen molar-refractivity contribution in [3.8, 4) is 5.75 Å². The Bertz CT molecular complexity index is 410. The summed E-state index contributed by atoms with van der Waals surface area (Å²) >= 11 is 0. The van der Waals surface area contributed by atoms with Crippen molar-refractivity contribution in [2.24, 2.45) is 0 Å². The molecule has 1 aliphatic heterocycles. The van der Waals surface area contributed by atoms with Crippen LogP contribution >= 0.6 is 0 Å². The van der Waals surface area contributed by atoms with Gasteiger partial charge in [-0.05, 0) is 79.1 Å². The standard InChI is InChI=1S/C7H14FN.C7H8O.C6H14O2/c8-4-3-7-9-5-1-2-6-9;1-6-2-4-7(8)5-3-6;1-5(2,7)6(3,4)8/h1-7H2;2-5,8H,1H3;7-8H,1-4H3. The van der Waals surface area contributed by atoms with Crippen molar-refractivity contribution in [1.82, 2.24) is 4.90 Å². The van der Waals surface area contributed by atoms with Gasteiger partial charge in [-0.1, -0.05) is 17.7 Å². The summed E-state index contributed by atoms with van der Waals surface area (Å²) in [5.41, 5.74) is -0.845. The lowest BCUT2D eigenvalue weighted by atomic mass is 9.90. The molecule has 1 heterocycles. The monoisotopic (exact) mass is 357 g/mol. The van der Waals surface area contributed by atoms with Crippen LogP contribution < -0.4 is 0 Å². The van der Waals surface area contributed by atoms with Crippen molar-refractivity contribution in [3.63, 3.8) is 0 Å². The number of hydrogen-bond donors (Lipinski definition) is 3. The zero-order valence-corrected chi connectivity index (χ0v) is 16.4. The Hall–Kier alpha value is -1.17. The molecule has 0 amide bonds. The summed E-state index contributed by atoms with van der Waals surface area (Å²) in [6, 6.07) is 7.09. The largest absolute Gasteiger partial charge is 0.508 e. The third kappa shape index (κ3) is 11.9. The topological polar surface area (TPSA) is 63.9 Å². The molecule has 0 saturated carbocycles. The van der Waals surface area contributed by atoms with E-state index < -0.39 is 11.2 Å². The van der Waals surface area contributed by atoms with Gasteiger partial charge in [0.05, 0.1) is 17.9 Å². The highest BCUT2D eigenvalue weighted by Crippen LogP contribution is 2.19. The summed E-state index contributed by atoms with van der Waals surface area (Å²) in [5, 5.41) is 27.0. The van der Waals surface area contributed by atoms with Gasteiger partial charge in [0, 0.05) is 6.54 Å². The number of phenols is 1. The molecule has 0 atom stereocenters. The van der Waals surface area contributed by atoms with E-state index in [0.717, 1.165) is 13.0 Å². The number of hydrogen-bond acceptors (Lipinski definition) is 4. The molecule has 25 heavy (non-hydrogen) atoms. The van der Waals surface area contributed by atoms with E-state index in [0.29, 0.717) is 5.75 Å². The molecule has 0 aliphatic carbocycles. The lowest BCUT2D eigenvalue weighted by molar-refractivity contribution is -0.107. The molecule has 0 bridgehead atoms. The van der Waals surface area contributed by atoms with Gasteiger partial charge < -0.3 is 20.2 Å². The number of aromatic hydroxyl groups is 1. The van der Waals surface area contributed by atoms with Crippen LogP contribution in [0.25, 0.3) is 0 Å². The number of alkyl halides is 1. The van der Waals surface area contributed by atoms with E-state index in [1.54, 1.807) is 39.8 Å². The molecule has 1 aromatic carbocycles. The minimum Gasteiger partial charge on any atom is -0.508 e. The van der Waals surface area contributed by atoms with Crippen molar-refractivity contribution in [2.45, 2.75) is 65.1 Å². The van der Waals surface area contributed by atoms with Gasteiger partial charge in [-0.15, -0.1) is 0 Å². The average molecular weight is 358 g/mol. The Kier molecular flexibility index (Phi) is 10.9. The first-order valence-electron chi connectivity index (χ1n) is 8.96. The van der Waals surface area contributed by atoms with Crippen molar-refractivity contribution >= 4 is 0 Å². The van der Waals surface area contributed by atoms with Crippen molar-refractivity contribution in [3.05, 3.63) is 29.8 Å². The van der Waals surface area contributed by atoms with Gasteiger partial charge in [0.25, 0.3) is 0 Å². The van der Waals surface area contributed by atoms with E-state index in [9.17, 15) is 4.39 Å². The Morgan fingerprint density at radius 3 is 1.72 bits per heavy atom. The van der Waals surface area contributed by atoms with Crippen LogP contribution in [0.15, 0.2) is 24.3 Å². The van der Waals surface area contributed by atoms with Crippen LogP contribution in [-0.4, -0.2) is 57.7 Å². The average Bonchev–Trinajstić information content (AvgIpc) is 3.01. The van der Waals surface area contributed by atoms with Crippen LogP contribution in [0.2, 0.25) is 0 Å². The number of aliphatic hydroxyl groups is 2. The van der Waals surface area contributed by atoms with Gasteiger partial charge in [-0.3, -0.25) is 4.39 Å². The van der Waals surface area contributed by atoms with Gasteiger partial charge >= 0.3 is 0 Å². The number of likely N-dealkylation sites (tertiary alicyclic amines) is 1. The molecule has 3 N–H and O–H groups in total. The van der Waals surface area contributed by atoms with Crippen LogP contribution in [0.3, 0.4) is 0 Å². The third-order valence-electron chi connectivity index (χ3n) is 4.34. The second kappa shape index (κ2) is 11.4. The van der Waals surface area contributed by atoms with E-state index in [2.05, 4.69) is 4.90 Å². The second-order valence-corrected chi connectivity index (χ2v) is 7.54. The van der Waals surface area contributed by atoms with Gasteiger partial charge in [0.15, 0.2) is 0 Å². The normalized spacial score (nSPS) is 15.0. The lowest BCUT2D eigenvalue weighted by Gasteiger charge is -2.31. The Labute approximate surface area is 152 Å². The predicted molar refractivity (Wildman–Crippen MR) is 102 cm³/mol. The van der Waals surface area contributed by atoms with Crippen LogP contribution in [-0.2, 0) is 0 Å². The fourth-order valence-corrected chi connectivity index (χ4v) is 1.83. The number of phenolic OH excluding ortho intramolecular Hbond substituents is 1. The predicted octanol–water partition coefficient (Wildman–Crippen LogP) is 3.67. The zero-order chi connectivity index (χ0) is 19.5. The number of benzene rings is 1. The summed E-state index contributed by atoms with van der Waals surface area (Å²) in [5.74, 6) is 0.329. The molecule has 5 heteroatoms. The van der Waals surface area contributed by atoms with Crippen LogP contribution in [0.1, 0.15) is 52.5 Å². The number of aryl methyl sites for hydroxylation is 1. The first-order chi connectivity index (χ1) is 11.5. The number of rotatable bonds is 4. The van der Waals surface area contributed by atoms with Gasteiger partial charge in [0.1, 0.15) is 5.75 Å². The molecule has 1 aliphatic rings. The zero-order valence-electron chi connectivity index (χ0n) is 16.4. The molecule has 1 aromatic rings. The molecule has 0 unspecified atom stereocenters. The SMILES string of the molecule is CC(C)(O)C(C)(C)O.Cc1ccc(O)cc1.FCCCN1CCCC1. The van der Waals surface area contributed by atoms with Crippen LogP contribution in [0, 0.1) is 6.92 Å². The molecule has 1 saturated heterocycles. The van der Waals surface area contributed by atoms with Gasteiger partial charge in [-0.25, -0.2) is 0 Å². The Balaban J connectivity index is 0.000000347. The second-order valence-electron chi connectivity index (χ2n) is 7.54. The molecule has 0 radical (unpaired) electrons. The summed E-state index contributed by atoms with van der Waals surface area (Å²) < 4.78 is 11.6. The summed E-state index contributed by atoms with van der Waals surface area (Å²) in [7, 11) is 0. The summed E-state index contributed by atoms with van der Waals surface area (Å²) in [6.07, 6.45) is 3.35. The minimum atomic E-state index is -1.01.